The minimum Gasteiger partial charge on any atom is -0.478 e. The molecule has 1 aliphatic heterocycles. The Hall–Kier alpha value is -2.40. The van der Waals surface area contributed by atoms with Gasteiger partial charge < -0.3 is 15.4 Å². The molecule has 1 atom stereocenters. The highest BCUT2D eigenvalue weighted by atomic mass is 16.5. The minimum absolute atomic E-state index is 0.0550. The summed E-state index contributed by atoms with van der Waals surface area (Å²) in [6.07, 6.45) is 2.66. The van der Waals surface area contributed by atoms with Crippen LogP contribution in [0.4, 0.5) is 0 Å². The van der Waals surface area contributed by atoms with E-state index >= 15 is 0 Å². The van der Waals surface area contributed by atoms with Gasteiger partial charge in [-0.05, 0) is 43.7 Å². The summed E-state index contributed by atoms with van der Waals surface area (Å²) in [5, 5.41) is 6.35. The number of amides is 1. The van der Waals surface area contributed by atoms with Crippen molar-refractivity contribution in [1.29, 1.82) is 0 Å². The fourth-order valence-electron chi connectivity index (χ4n) is 2.80. The summed E-state index contributed by atoms with van der Waals surface area (Å²) in [6.45, 7) is 4.23. The van der Waals surface area contributed by atoms with Gasteiger partial charge in [0.25, 0.3) is 5.91 Å². The van der Waals surface area contributed by atoms with Crippen molar-refractivity contribution in [3.8, 4) is 17.0 Å². The predicted octanol–water partition coefficient (Wildman–Crippen LogP) is 2.24. The van der Waals surface area contributed by atoms with Gasteiger partial charge in [-0.15, -0.1) is 0 Å². The van der Waals surface area contributed by atoms with Crippen LogP contribution in [0.2, 0.25) is 0 Å². The lowest BCUT2D eigenvalue weighted by atomic mass is 9.99. The molecule has 0 unspecified atom stereocenters. The Morgan fingerprint density at radius 3 is 2.91 bits per heavy atom. The lowest BCUT2D eigenvalue weighted by Gasteiger charge is -2.15. The summed E-state index contributed by atoms with van der Waals surface area (Å²) in [5.74, 6) is 0.499. The molecule has 0 bridgehead atoms. The van der Waals surface area contributed by atoms with E-state index in [4.69, 9.17) is 4.74 Å². The van der Waals surface area contributed by atoms with E-state index in [1.54, 1.807) is 6.20 Å². The molecule has 1 amide bonds. The second-order valence-electron chi connectivity index (χ2n) is 5.50. The van der Waals surface area contributed by atoms with Crippen LogP contribution in [-0.4, -0.2) is 36.6 Å². The zero-order valence-corrected chi connectivity index (χ0v) is 13.2. The molecule has 1 fully saturated rings. The normalized spacial score (nSPS) is 17.0. The van der Waals surface area contributed by atoms with Gasteiger partial charge >= 0.3 is 0 Å². The second kappa shape index (κ2) is 7.24. The van der Waals surface area contributed by atoms with Crippen LogP contribution in [0, 0.1) is 0 Å². The lowest BCUT2D eigenvalue weighted by Crippen LogP contribution is -2.36. The Morgan fingerprint density at radius 1 is 1.30 bits per heavy atom. The molecule has 120 valence electrons. The number of pyridine rings is 1. The van der Waals surface area contributed by atoms with E-state index in [0.29, 0.717) is 18.1 Å². The monoisotopic (exact) mass is 311 g/mol. The van der Waals surface area contributed by atoms with Gasteiger partial charge in [-0.3, -0.25) is 4.79 Å². The molecular formula is C18H21N3O2. The van der Waals surface area contributed by atoms with Crippen molar-refractivity contribution in [2.24, 2.45) is 0 Å². The van der Waals surface area contributed by atoms with Gasteiger partial charge in [-0.1, -0.05) is 18.2 Å². The highest BCUT2D eigenvalue weighted by molar-refractivity contribution is 6.01. The van der Waals surface area contributed by atoms with Crippen LogP contribution in [0.5, 0.6) is 5.88 Å². The third kappa shape index (κ3) is 3.51. The third-order valence-corrected chi connectivity index (χ3v) is 3.91. The van der Waals surface area contributed by atoms with Crippen LogP contribution in [-0.2, 0) is 0 Å². The topological polar surface area (TPSA) is 63.2 Å². The first-order valence-corrected chi connectivity index (χ1v) is 7.98. The third-order valence-electron chi connectivity index (χ3n) is 3.91. The van der Waals surface area contributed by atoms with Crippen LogP contribution in [0.25, 0.3) is 11.1 Å². The van der Waals surface area contributed by atoms with E-state index in [1.165, 1.54) is 0 Å². The molecule has 5 nitrogen and oxygen atoms in total. The highest BCUT2D eigenvalue weighted by Gasteiger charge is 2.20. The quantitative estimate of drug-likeness (QED) is 0.889. The van der Waals surface area contributed by atoms with Crippen LogP contribution in [0.3, 0.4) is 0 Å². The summed E-state index contributed by atoms with van der Waals surface area (Å²) in [5.41, 5.74) is 2.32. The van der Waals surface area contributed by atoms with Crippen LogP contribution < -0.4 is 15.4 Å². The maximum atomic E-state index is 12.7. The molecule has 2 heterocycles. The number of aromatic nitrogens is 1. The van der Waals surface area contributed by atoms with Gasteiger partial charge in [-0.25, -0.2) is 4.98 Å². The van der Waals surface area contributed by atoms with E-state index in [0.717, 1.165) is 30.6 Å². The van der Waals surface area contributed by atoms with Crippen molar-refractivity contribution in [1.82, 2.24) is 15.6 Å². The molecule has 0 spiro atoms. The molecule has 0 aliphatic carbocycles. The summed E-state index contributed by atoms with van der Waals surface area (Å²) in [7, 11) is 0. The van der Waals surface area contributed by atoms with Crippen molar-refractivity contribution >= 4 is 5.91 Å². The standard InChI is InChI=1S/C18H21N3O2/c1-2-23-18-16(8-5-10-20-18)14-6-3-4-7-15(14)17(22)21-13-9-11-19-12-13/h3-8,10,13,19H,2,9,11-12H2,1H3,(H,21,22)/t13-/m1/s1. The van der Waals surface area contributed by atoms with Crippen molar-refractivity contribution in [2.45, 2.75) is 19.4 Å². The van der Waals surface area contributed by atoms with Gasteiger partial charge in [0, 0.05) is 29.9 Å². The second-order valence-corrected chi connectivity index (χ2v) is 5.50. The van der Waals surface area contributed by atoms with E-state index in [1.807, 2.05) is 43.3 Å². The first-order valence-electron chi connectivity index (χ1n) is 7.98. The Bertz CT molecular complexity index is 681. The molecule has 2 N–H and O–H groups in total. The Morgan fingerprint density at radius 2 is 2.13 bits per heavy atom. The first kappa shape index (κ1) is 15.5. The molecule has 2 aromatic rings. The van der Waals surface area contributed by atoms with E-state index in [9.17, 15) is 4.79 Å². The number of nitrogens with zero attached hydrogens (tertiary/aromatic N) is 1. The first-order chi connectivity index (χ1) is 11.3. The maximum absolute atomic E-state index is 12.7. The zero-order valence-electron chi connectivity index (χ0n) is 13.2. The molecule has 1 aromatic carbocycles. The van der Waals surface area contributed by atoms with Crippen molar-refractivity contribution < 1.29 is 9.53 Å². The van der Waals surface area contributed by atoms with Crippen molar-refractivity contribution in [3.63, 3.8) is 0 Å². The van der Waals surface area contributed by atoms with Crippen LogP contribution in [0.1, 0.15) is 23.7 Å². The fraction of sp³-hybridized carbons (Fsp3) is 0.333. The molecular weight excluding hydrogens is 290 g/mol. The molecule has 5 heteroatoms. The van der Waals surface area contributed by atoms with E-state index < -0.39 is 0 Å². The van der Waals surface area contributed by atoms with Crippen molar-refractivity contribution in [2.75, 3.05) is 19.7 Å². The highest BCUT2D eigenvalue weighted by Crippen LogP contribution is 2.30. The summed E-state index contributed by atoms with van der Waals surface area (Å²) >= 11 is 0. The lowest BCUT2D eigenvalue weighted by molar-refractivity contribution is 0.0940. The SMILES string of the molecule is CCOc1ncccc1-c1ccccc1C(=O)N[C@@H]1CCNC1. The summed E-state index contributed by atoms with van der Waals surface area (Å²) < 4.78 is 5.61. The molecule has 3 rings (SSSR count). The average Bonchev–Trinajstić information content (AvgIpc) is 3.09. The number of benzene rings is 1. The predicted molar refractivity (Wildman–Crippen MR) is 89.6 cm³/mol. The van der Waals surface area contributed by atoms with Crippen LogP contribution >= 0.6 is 0 Å². The Labute approximate surface area is 136 Å². The zero-order chi connectivity index (χ0) is 16.1. The minimum atomic E-state index is -0.0550. The fourth-order valence-corrected chi connectivity index (χ4v) is 2.80. The maximum Gasteiger partial charge on any atom is 0.252 e. The molecule has 0 saturated carbocycles. The number of ether oxygens (including phenoxy) is 1. The molecule has 23 heavy (non-hydrogen) atoms. The van der Waals surface area contributed by atoms with Gasteiger partial charge in [0.05, 0.1) is 6.61 Å². The van der Waals surface area contributed by atoms with Gasteiger partial charge in [0.15, 0.2) is 0 Å². The Kier molecular flexibility index (Phi) is 4.88. The number of hydrogen-bond donors (Lipinski definition) is 2. The number of nitrogens with one attached hydrogen (secondary N) is 2. The van der Waals surface area contributed by atoms with Crippen LogP contribution in [0.15, 0.2) is 42.6 Å². The average molecular weight is 311 g/mol. The number of hydrogen-bond acceptors (Lipinski definition) is 4. The number of rotatable bonds is 5. The molecule has 0 radical (unpaired) electrons. The van der Waals surface area contributed by atoms with E-state index in [-0.39, 0.29) is 11.9 Å². The van der Waals surface area contributed by atoms with Gasteiger partial charge in [-0.2, -0.15) is 0 Å². The smallest absolute Gasteiger partial charge is 0.252 e. The van der Waals surface area contributed by atoms with Gasteiger partial charge in [0.1, 0.15) is 0 Å². The van der Waals surface area contributed by atoms with Crippen molar-refractivity contribution in [3.05, 3.63) is 48.2 Å². The number of carbonyl (C=O) groups excluding carboxylic acids is 1. The van der Waals surface area contributed by atoms with Gasteiger partial charge in [0.2, 0.25) is 5.88 Å². The summed E-state index contributed by atoms with van der Waals surface area (Å²) in [6, 6.07) is 11.6. The largest absolute Gasteiger partial charge is 0.478 e. The molecule has 1 saturated heterocycles. The number of carbonyl (C=O) groups is 1. The molecule has 1 aliphatic rings. The summed E-state index contributed by atoms with van der Waals surface area (Å²) in [4.78, 5) is 16.9. The molecule has 1 aromatic heterocycles. The Balaban J connectivity index is 1.93. The van der Waals surface area contributed by atoms with E-state index in [2.05, 4.69) is 15.6 Å².